The number of non-ortho nitro benzene ring substituents is 1. The van der Waals surface area contributed by atoms with Crippen molar-refractivity contribution in [3.63, 3.8) is 0 Å². The molecule has 19 heavy (non-hydrogen) atoms. The van der Waals surface area contributed by atoms with Crippen molar-refractivity contribution in [2.75, 3.05) is 5.32 Å². The number of nitrogens with one attached hydrogen (secondary N) is 1. The molecule has 0 spiro atoms. The van der Waals surface area contributed by atoms with E-state index >= 15 is 0 Å². The van der Waals surface area contributed by atoms with Crippen LogP contribution in [0.5, 0.6) is 0 Å². The second kappa shape index (κ2) is 5.48. The van der Waals surface area contributed by atoms with Crippen LogP contribution in [0.15, 0.2) is 43.1 Å². The minimum absolute atomic E-state index is 0.0255. The fraction of sp³-hybridized carbons (Fsp3) is 0.214. The second-order valence-corrected chi connectivity index (χ2v) is 4.36. The third-order valence-electron chi connectivity index (χ3n) is 2.87. The highest BCUT2D eigenvalue weighted by atomic mass is 16.6. The van der Waals surface area contributed by atoms with Gasteiger partial charge in [-0.3, -0.25) is 10.1 Å². The van der Waals surface area contributed by atoms with E-state index in [0.29, 0.717) is 5.52 Å². The summed E-state index contributed by atoms with van der Waals surface area (Å²) in [4.78, 5) is 14.7. The summed E-state index contributed by atoms with van der Waals surface area (Å²) in [6.07, 6.45) is 4.22. The molecule has 5 heteroatoms. The van der Waals surface area contributed by atoms with Crippen LogP contribution >= 0.6 is 0 Å². The van der Waals surface area contributed by atoms with Crippen LogP contribution in [-0.2, 0) is 0 Å². The van der Waals surface area contributed by atoms with E-state index in [0.717, 1.165) is 17.5 Å². The van der Waals surface area contributed by atoms with Gasteiger partial charge in [0.25, 0.3) is 5.69 Å². The van der Waals surface area contributed by atoms with Gasteiger partial charge in [-0.05, 0) is 31.5 Å². The lowest BCUT2D eigenvalue weighted by atomic mass is 10.1. The average Bonchev–Trinajstić information content (AvgIpc) is 2.39. The summed E-state index contributed by atoms with van der Waals surface area (Å²) < 4.78 is 0. The van der Waals surface area contributed by atoms with E-state index in [-0.39, 0.29) is 11.7 Å². The highest BCUT2D eigenvalue weighted by molar-refractivity contribution is 5.96. The molecular weight excluding hydrogens is 242 g/mol. The molecular formula is C14H15N3O2. The fourth-order valence-electron chi connectivity index (χ4n) is 2.01. The summed E-state index contributed by atoms with van der Waals surface area (Å²) in [5, 5.41) is 15.1. The van der Waals surface area contributed by atoms with Crippen LogP contribution in [0.2, 0.25) is 0 Å². The van der Waals surface area contributed by atoms with Gasteiger partial charge < -0.3 is 5.32 Å². The Morgan fingerprint density at radius 3 is 3.00 bits per heavy atom. The van der Waals surface area contributed by atoms with Gasteiger partial charge in [0.1, 0.15) is 5.52 Å². The molecule has 0 amide bonds. The monoisotopic (exact) mass is 257 g/mol. The Balaban J connectivity index is 2.49. The van der Waals surface area contributed by atoms with E-state index in [9.17, 15) is 10.1 Å². The SMILES string of the molecule is C=CCC(C)Nc1ccc([N+](=O)[O-])c2ncccc12. The number of benzene rings is 1. The zero-order valence-electron chi connectivity index (χ0n) is 10.7. The van der Waals surface area contributed by atoms with Gasteiger partial charge in [-0.25, -0.2) is 4.98 Å². The van der Waals surface area contributed by atoms with E-state index in [1.54, 1.807) is 18.3 Å². The molecule has 1 heterocycles. The van der Waals surface area contributed by atoms with Gasteiger partial charge in [0.2, 0.25) is 0 Å². The number of nitro groups is 1. The molecule has 1 N–H and O–H groups in total. The highest BCUT2D eigenvalue weighted by Crippen LogP contribution is 2.30. The molecule has 0 aliphatic carbocycles. The highest BCUT2D eigenvalue weighted by Gasteiger charge is 2.15. The number of rotatable bonds is 5. The zero-order chi connectivity index (χ0) is 13.8. The predicted molar refractivity (Wildman–Crippen MR) is 76.3 cm³/mol. The van der Waals surface area contributed by atoms with Gasteiger partial charge in [-0.15, -0.1) is 6.58 Å². The van der Waals surface area contributed by atoms with Crippen LogP contribution in [0.3, 0.4) is 0 Å². The zero-order valence-corrected chi connectivity index (χ0v) is 10.7. The molecule has 0 radical (unpaired) electrons. The van der Waals surface area contributed by atoms with Gasteiger partial charge in [-0.1, -0.05) is 6.08 Å². The van der Waals surface area contributed by atoms with E-state index < -0.39 is 4.92 Å². The molecule has 1 aromatic heterocycles. The van der Waals surface area contributed by atoms with Crippen LogP contribution in [0.1, 0.15) is 13.3 Å². The summed E-state index contributed by atoms with van der Waals surface area (Å²) in [7, 11) is 0. The van der Waals surface area contributed by atoms with Gasteiger partial charge in [-0.2, -0.15) is 0 Å². The average molecular weight is 257 g/mol. The molecule has 0 fully saturated rings. The summed E-state index contributed by atoms with van der Waals surface area (Å²) >= 11 is 0. The lowest BCUT2D eigenvalue weighted by molar-refractivity contribution is -0.383. The van der Waals surface area contributed by atoms with Crippen LogP contribution in [0, 0.1) is 10.1 Å². The Morgan fingerprint density at radius 2 is 2.32 bits per heavy atom. The summed E-state index contributed by atoms with van der Waals surface area (Å²) in [5.41, 5.74) is 1.28. The predicted octanol–water partition coefficient (Wildman–Crippen LogP) is 3.52. The van der Waals surface area contributed by atoms with Crippen LogP contribution in [-0.4, -0.2) is 15.9 Å². The third kappa shape index (κ3) is 2.70. The molecule has 98 valence electrons. The first-order chi connectivity index (χ1) is 9.13. The Hall–Kier alpha value is -2.43. The molecule has 5 nitrogen and oxygen atoms in total. The molecule has 0 saturated carbocycles. The van der Waals surface area contributed by atoms with Gasteiger partial charge in [0.15, 0.2) is 0 Å². The Bertz CT molecular complexity index is 625. The first kappa shape index (κ1) is 13.0. The Kier molecular flexibility index (Phi) is 3.75. The van der Waals surface area contributed by atoms with E-state index in [1.165, 1.54) is 6.07 Å². The van der Waals surface area contributed by atoms with E-state index in [1.807, 2.05) is 19.1 Å². The summed E-state index contributed by atoms with van der Waals surface area (Å²) in [5.74, 6) is 0. The molecule has 1 aromatic carbocycles. The van der Waals surface area contributed by atoms with Crippen LogP contribution in [0.25, 0.3) is 10.9 Å². The maximum Gasteiger partial charge on any atom is 0.295 e. The number of fused-ring (bicyclic) bond motifs is 1. The topological polar surface area (TPSA) is 68.1 Å². The van der Waals surface area contributed by atoms with Crippen molar-refractivity contribution in [3.05, 3.63) is 53.2 Å². The number of hydrogen-bond donors (Lipinski definition) is 1. The minimum atomic E-state index is -0.410. The first-order valence-electron chi connectivity index (χ1n) is 6.03. The molecule has 0 aliphatic rings. The van der Waals surface area contributed by atoms with Crippen LogP contribution in [0.4, 0.5) is 11.4 Å². The first-order valence-corrected chi connectivity index (χ1v) is 6.03. The third-order valence-corrected chi connectivity index (χ3v) is 2.87. The molecule has 0 bridgehead atoms. The van der Waals surface area contributed by atoms with Gasteiger partial charge >= 0.3 is 0 Å². The lowest BCUT2D eigenvalue weighted by Crippen LogP contribution is -2.14. The quantitative estimate of drug-likeness (QED) is 0.505. The molecule has 0 aliphatic heterocycles. The van der Waals surface area contributed by atoms with Crippen molar-refractivity contribution in [1.82, 2.24) is 4.98 Å². The van der Waals surface area contributed by atoms with E-state index in [4.69, 9.17) is 0 Å². The van der Waals surface area contributed by atoms with Crippen LogP contribution < -0.4 is 5.32 Å². The Labute approximate surface area is 111 Å². The van der Waals surface area contributed by atoms with Crippen molar-refractivity contribution in [2.24, 2.45) is 0 Å². The standard InChI is InChI=1S/C14H15N3O2/c1-3-5-10(2)16-12-7-8-13(17(18)19)14-11(12)6-4-9-15-14/h3-4,6-10,16H,1,5H2,2H3. The molecule has 0 saturated heterocycles. The molecule has 1 atom stereocenters. The van der Waals surface area contributed by atoms with E-state index in [2.05, 4.69) is 16.9 Å². The number of hydrogen-bond acceptors (Lipinski definition) is 4. The number of pyridine rings is 1. The fourth-order valence-corrected chi connectivity index (χ4v) is 2.01. The van der Waals surface area contributed by atoms with Gasteiger partial charge in [0.05, 0.1) is 4.92 Å². The number of nitrogens with zero attached hydrogens (tertiary/aromatic N) is 2. The number of aromatic nitrogens is 1. The summed E-state index contributed by atoms with van der Waals surface area (Å²) in [6, 6.07) is 7.02. The largest absolute Gasteiger partial charge is 0.382 e. The maximum absolute atomic E-state index is 11.0. The lowest BCUT2D eigenvalue weighted by Gasteiger charge is -2.15. The second-order valence-electron chi connectivity index (χ2n) is 4.36. The molecule has 2 aromatic rings. The van der Waals surface area contributed by atoms with Crippen molar-refractivity contribution in [3.8, 4) is 0 Å². The van der Waals surface area contributed by atoms with Gasteiger partial charge in [0, 0.05) is 29.4 Å². The summed E-state index contributed by atoms with van der Waals surface area (Å²) in [6.45, 7) is 5.73. The van der Waals surface area contributed by atoms with Crippen molar-refractivity contribution in [1.29, 1.82) is 0 Å². The maximum atomic E-state index is 11.0. The van der Waals surface area contributed by atoms with Crippen molar-refractivity contribution >= 4 is 22.3 Å². The number of nitro benzene ring substituents is 1. The normalized spacial score (nSPS) is 12.1. The Morgan fingerprint density at radius 1 is 1.53 bits per heavy atom. The number of anilines is 1. The van der Waals surface area contributed by atoms with Crippen molar-refractivity contribution < 1.29 is 4.92 Å². The smallest absolute Gasteiger partial charge is 0.295 e. The molecule has 2 rings (SSSR count). The minimum Gasteiger partial charge on any atom is -0.382 e. The van der Waals surface area contributed by atoms with Crippen molar-refractivity contribution in [2.45, 2.75) is 19.4 Å². The molecule has 1 unspecified atom stereocenters.